The van der Waals surface area contributed by atoms with Crippen molar-refractivity contribution < 1.29 is 61.8 Å². The number of carbonyl (C=O) groups excluding carboxylic acids is 2. The third-order valence-electron chi connectivity index (χ3n) is 8.10. The summed E-state index contributed by atoms with van der Waals surface area (Å²) in [7, 11) is -16.2. The van der Waals surface area contributed by atoms with E-state index in [9.17, 15) is 52.4 Å². The first-order valence-electron chi connectivity index (χ1n) is 15.8. The highest BCUT2D eigenvalue weighted by atomic mass is 32.2. The number of methoxy groups -OCH3 is 1. The zero-order valence-electron chi connectivity index (χ0n) is 28.9. The van der Waals surface area contributed by atoms with E-state index in [2.05, 4.69) is 10.6 Å². The van der Waals surface area contributed by atoms with Gasteiger partial charge in [0.25, 0.3) is 32.1 Å². The lowest BCUT2D eigenvalue weighted by Crippen LogP contribution is -2.40. The van der Waals surface area contributed by atoms with Crippen molar-refractivity contribution in [2.75, 3.05) is 50.3 Å². The van der Waals surface area contributed by atoms with Gasteiger partial charge in [-0.1, -0.05) is 24.3 Å². The van der Waals surface area contributed by atoms with Gasteiger partial charge in [0.15, 0.2) is 9.84 Å². The number of hydrogen-bond acceptors (Lipinski definition) is 12. The van der Waals surface area contributed by atoms with Crippen molar-refractivity contribution in [2.24, 2.45) is 0 Å². The molecular weight excluding hydrogens is 803 g/mol. The molecule has 21 heteroatoms. The van der Waals surface area contributed by atoms with E-state index in [0.717, 1.165) is 36.6 Å². The van der Waals surface area contributed by atoms with Gasteiger partial charge in [-0.3, -0.25) is 18.7 Å². The quantitative estimate of drug-likeness (QED) is 0.118. The Balaban J connectivity index is 1.40. The molecule has 0 aromatic heterocycles. The summed E-state index contributed by atoms with van der Waals surface area (Å²) in [5, 5.41) is 4.90. The van der Waals surface area contributed by atoms with Gasteiger partial charge in [-0.05, 0) is 77.9 Å². The van der Waals surface area contributed by atoms with Crippen LogP contribution in [0.15, 0.2) is 98.4 Å². The first-order chi connectivity index (χ1) is 25.7. The first-order valence-corrected chi connectivity index (χ1v) is 22.0. The Morgan fingerprint density at radius 2 is 1.15 bits per heavy atom. The predicted molar refractivity (Wildman–Crippen MR) is 199 cm³/mol. The topological polar surface area (TPSA) is 257 Å². The maximum Gasteiger partial charge on any atom is 0.295 e. The molecule has 4 aromatic carbocycles. The van der Waals surface area contributed by atoms with Gasteiger partial charge in [0.1, 0.15) is 20.4 Å². The van der Waals surface area contributed by atoms with Crippen LogP contribution in [0.2, 0.25) is 0 Å². The number of nitrogens with zero attached hydrogens (tertiary/aromatic N) is 1. The summed E-state index contributed by atoms with van der Waals surface area (Å²) in [6.45, 7) is 0.556. The molecule has 0 spiro atoms. The van der Waals surface area contributed by atoms with E-state index in [0.29, 0.717) is 0 Å². The molecule has 55 heavy (non-hydrogen) atoms. The highest BCUT2D eigenvalue weighted by Crippen LogP contribution is 2.30. The predicted octanol–water partition coefficient (Wildman–Crippen LogP) is 3.29. The second-order valence-corrected chi connectivity index (χ2v) is 18.6. The number of anilines is 2. The average Bonchev–Trinajstić information content (AvgIpc) is 3.13. The fourth-order valence-corrected chi connectivity index (χ4v) is 8.97. The van der Waals surface area contributed by atoms with E-state index in [4.69, 9.17) is 9.47 Å². The summed E-state index contributed by atoms with van der Waals surface area (Å²) < 4.78 is 131. The second-order valence-electron chi connectivity index (χ2n) is 11.9. The van der Waals surface area contributed by atoms with Crippen molar-refractivity contribution in [1.29, 1.82) is 0 Å². The van der Waals surface area contributed by atoms with Gasteiger partial charge in [-0.2, -0.15) is 21.1 Å². The van der Waals surface area contributed by atoms with Crippen LogP contribution in [0.5, 0.6) is 5.75 Å². The molecule has 0 unspecified atom stereocenters. The Bertz CT molecular complexity index is 2640. The van der Waals surface area contributed by atoms with Crippen LogP contribution in [-0.2, 0) is 44.8 Å². The van der Waals surface area contributed by atoms with Crippen molar-refractivity contribution in [3.8, 4) is 5.75 Å². The van der Waals surface area contributed by atoms with Crippen molar-refractivity contribution in [3.05, 3.63) is 101 Å². The molecule has 1 saturated heterocycles. The van der Waals surface area contributed by atoms with Crippen molar-refractivity contribution in [1.82, 2.24) is 4.31 Å². The Morgan fingerprint density at radius 3 is 1.60 bits per heavy atom. The van der Waals surface area contributed by atoms with Gasteiger partial charge >= 0.3 is 0 Å². The number of morpholine rings is 1. The molecule has 4 N–H and O–H groups in total. The number of sulfonamides is 1. The SMILES string of the molecule is COc1ccc(C(=O)Nc2ccc(C=Cc3ccc(NC(=O)c4ccc(S(C)(=O)=O)cc4)cc3S(=O)(=O)O)c(S(=O)(=O)O)c2)cc1S(=O)(=O)N1CCOCC1. The van der Waals surface area contributed by atoms with E-state index >= 15 is 0 Å². The number of amides is 2. The Kier molecular flexibility index (Phi) is 12.0. The molecule has 1 aliphatic rings. The maximum absolute atomic E-state index is 13.4. The van der Waals surface area contributed by atoms with Crippen LogP contribution >= 0.6 is 0 Å². The monoisotopic (exact) mass is 835 g/mol. The highest BCUT2D eigenvalue weighted by molar-refractivity contribution is 7.90. The minimum absolute atomic E-state index is 0.0109. The molecule has 0 aliphatic carbocycles. The molecule has 0 saturated carbocycles. The summed E-state index contributed by atoms with van der Waals surface area (Å²) in [4.78, 5) is 24.3. The second kappa shape index (κ2) is 16.0. The van der Waals surface area contributed by atoms with Gasteiger partial charge in [0.2, 0.25) is 10.0 Å². The lowest BCUT2D eigenvalue weighted by atomic mass is 10.1. The summed E-state index contributed by atoms with van der Waals surface area (Å²) in [5.41, 5.74) is -0.574. The Hall–Kier alpha value is -5.00. The Morgan fingerprint density at radius 1 is 0.673 bits per heavy atom. The van der Waals surface area contributed by atoms with Crippen LogP contribution in [-0.4, -0.2) is 98.6 Å². The molecular formula is C34H33N3O14S4. The van der Waals surface area contributed by atoms with Crippen LogP contribution in [0.1, 0.15) is 31.8 Å². The number of carbonyl (C=O) groups is 2. The Labute approximate surface area is 317 Å². The molecule has 2 amide bonds. The smallest absolute Gasteiger partial charge is 0.295 e. The third-order valence-corrected chi connectivity index (χ3v) is 13.0. The fraction of sp³-hybridized carbons (Fsp3) is 0.176. The minimum Gasteiger partial charge on any atom is -0.495 e. The molecule has 1 aliphatic heterocycles. The van der Waals surface area contributed by atoms with Gasteiger partial charge in [-0.15, -0.1) is 0 Å². The molecule has 0 bridgehead atoms. The van der Waals surface area contributed by atoms with Crippen LogP contribution in [0, 0.1) is 0 Å². The zero-order chi connectivity index (χ0) is 40.3. The van der Waals surface area contributed by atoms with Gasteiger partial charge in [0.05, 0.1) is 25.2 Å². The van der Waals surface area contributed by atoms with E-state index in [-0.39, 0.29) is 75.5 Å². The molecule has 1 fully saturated rings. The maximum atomic E-state index is 13.4. The summed E-state index contributed by atoms with van der Waals surface area (Å²) in [6, 6.07) is 15.5. The zero-order valence-corrected chi connectivity index (χ0v) is 32.1. The first kappa shape index (κ1) is 41.2. The summed E-state index contributed by atoms with van der Waals surface area (Å²) in [6.07, 6.45) is 3.24. The highest BCUT2D eigenvalue weighted by Gasteiger charge is 2.30. The number of nitrogens with one attached hydrogen (secondary N) is 2. The summed E-state index contributed by atoms with van der Waals surface area (Å²) >= 11 is 0. The number of ether oxygens (including phenoxy) is 2. The molecule has 0 radical (unpaired) electrons. The molecule has 1 heterocycles. The van der Waals surface area contributed by atoms with E-state index in [1.165, 1.54) is 72.1 Å². The number of rotatable bonds is 12. The normalized spacial score (nSPS) is 14.4. The van der Waals surface area contributed by atoms with Gasteiger partial charge in [0, 0.05) is 41.8 Å². The number of hydrogen-bond donors (Lipinski definition) is 4. The van der Waals surface area contributed by atoms with E-state index in [1.54, 1.807) is 0 Å². The number of benzene rings is 4. The average molecular weight is 836 g/mol. The number of sulfone groups is 1. The van der Waals surface area contributed by atoms with Crippen molar-refractivity contribution in [2.45, 2.75) is 19.6 Å². The van der Waals surface area contributed by atoms with Crippen LogP contribution < -0.4 is 15.4 Å². The lowest BCUT2D eigenvalue weighted by Gasteiger charge is -2.26. The molecule has 17 nitrogen and oxygen atoms in total. The van der Waals surface area contributed by atoms with E-state index in [1.807, 2.05) is 0 Å². The minimum atomic E-state index is -4.97. The van der Waals surface area contributed by atoms with E-state index < -0.39 is 61.7 Å². The van der Waals surface area contributed by atoms with Gasteiger partial charge in [-0.25, -0.2) is 16.8 Å². The fourth-order valence-electron chi connectivity index (χ4n) is 5.33. The lowest BCUT2D eigenvalue weighted by molar-refractivity contribution is 0.0729. The van der Waals surface area contributed by atoms with Gasteiger partial charge < -0.3 is 20.1 Å². The molecule has 292 valence electrons. The summed E-state index contributed by atoms with van der Waals surface area (Å²) in [5.74, 6) is -1.56. The van der Waals surface area contributed by atoms with Crippen LogP contribution in [0.3, 0.4) is 0 Å². The molecule has 0 atom stereocenters. The van der Waals surface area contributed by atoms with Crippen molar-refractivity contribution >= 4 is 75.4 Å². The van der Waals surface area contributed by atoms with Crippen LogP contribution in [0.4, 0.5) is 11.4 Å². The largest absolute Gasteiger partial charge is 0.495 e. The molecule has 5 rings (SSSR count). The standard InChI is InChI=1S/C34H33N3O14S4/c1-50-29-14-9-25(19-32(29)53(42,43)37-15-17-51-18-16-37)34(39)36-27-11-6-23(31(21-27)55(47,48)49)4-3-22-5-10-26(20-30(22)54(44,45)46)35-33(38)24-7-12-28(13-8-24)52(2,40)41/h3-14,19-21H,15-18H2,1-2H3,(H,35,38)(H,36,39)(H,44,45,46)(H,47,48,49). The van der Waals surface area contributed by atoms with Crippen LogP contribution in [0.25, 0.3) is 12.2 Å². The third kappa shape index (κ3) is 9.82. The molecule has 4 aromatic rings. The van der Waals surface area contributed by atoms with Crippen molar-refractivity contribution in [3.63, 3.8) is 0 Å².